The maximum atomic E-state index is 17.3. The number of benzene rings is 3. The largest absolute Gasteiger partial charge is 0.468 e. The number of nitrogens with zero attached hydrogens (tertiary/aromatic N) is 5. The fraction of sp³-hybridized carbons (Fsp3) is 0.513. The van der Waals surface area contributed by atoms with E-state index in [0.717, 1.165) is 23.6 Å². The molecule has 1 aliphatic carbocycles. The van der Waals surface area contributed by atoms with Crippen LogP contribution in [0.5, 0.6) is 11.8 Å². The van der Waals surface area contributed by atoms with E-state index in [9.17, 15) is 13.6 Å². The Labute approximate surface area is 312 Å². The molecule has 0 N–H and O–H groups in total. The number of hydrogen-bond donors (Lipinski definition) is 0. The molecule has 7 rings (SSSR count). The van der Waals surface area contributed by atoms with E-state index in [-0.39, 0.29) is 54.5 Å². The van der Waals surface area contributed by atoms with E-state index in [4.69, 9.17) is 35.5 Å². The first kappa shape index (κ1) is 37.3. The number of hydrogen-bond acceptors (Lipinski definition) is 9. The molecule has 2 saturated heterocycles. The lowest BCUT2D eigenvalue weighted by Gasteiger charge is -2.47. The van der Waals surface area contributed by atoms with Crippen LogP contribution in [-0.2, 0) is 9.47 Å². The summed E-state index contributed by atoms with van der Waals surface area (Å²) in [7, 11) is 4.97. The summed E-state index contributed by atoms with van der Waals surface area (Å²) in [6.07, 6.45) is 0.719. The summed E-state index contributed by atoms with van der Waals surface area (Å²) in [6.45, 7) is 7.93. The molecule has 1 aromatic heterocycles. The van der Waals surface area contributed by atoms with E-state index in [1.807, 2.05) is 67.8 Å². The van der Waals surface area contributed by atoms with Crippen LogP contribution in [0.15, 0.2) is 42.5 Å². The number of halogens is 4. The minimum atomic E-state index is -2.92. The zero-order valence-corrected chi connectivity index (χ0v) is 31.8. The highest BCUT2D eigenvalue weighted by Crippen LogP contribution is 2.60. The standard InChI is InChI=1S/C39H45ClF3N5O5/c1-36(2,3)53-35(49)48-24-12-13-37(48,4)19-47(17-24)33-28-16-29(40)30(27-15-25(52-22-50-7)14-23-10-8-9-11-26(23)27)31(41)32(28)44-34(45-33)51-21-38(20-46(5)6)18-39(38,42)43/h8-11,14-16,24H,12-13,17-22H2,1-7H3/t24-,37+,38-/m1/s1. The fourth-order valence-corrected chi connectivity index (χ4v) is 8.34. The van der Waals surface area contributed by atoms with Crippen LogP contribution in [0.3, 0.4) is 0 Å². The molecule has 1 saturated carbocycles. The Morgan fingerprint density at radius 3 is 2.49 bits per heavy atom. The molecule has 3 heterocycles. The zero-order chi connectivity index (χ0) is 38.1. The molecular formula is C39H45ClF3N5O5. The van der Waals surface area contributed by atoms with Crippen molar-refractivity contribution in [1.82, 2.24) is 19.8 Å². The number of aromatic nitrogens is 2. The first-order valence-electron chi connectivity index (χ1n) is 17.7. The maximum absolute atomic E-state index is 17.3. The Kier molecular flexibility index (Phi) is 9.38. The van der Waals surface area contributed by atoms with Crippen LogP contribution in [0.4, 0.5) is 23.8 Å². The minimum Gasteiger partial charge on any atom is -0.468 e. The van der Waals surface area contributed by atoms with Gasteiger partial charge in [0.25, 0.3) is 5.92 Å². The van der Waals surface area contributed by atoms with Gasteiger partial charge in [0, 0.05) is 44.1 Å². The van der Waals surface area contributed by atoms with Gasteiger partial charge < -0.3 is 28.7 Å². The summed E-state index contributed by atoms with van der Waals surface area (Å²) in [4.78, 5) is 28.2. The molecule has 0 spiro atoms. The molecule has 10 nitrogen and oxygen atoms in total. The second-order valence-electron chi connectivity index (χ2n) is 16.1. The van der Waals surface area contributed by atoms with Crippen molar-refractivity contribution >= 4 is 45.2 Å². The van der Waals surface area contributed by atoms with Gasteiger partial charge in [-0.25, -0.2) is 18.0 Å². The van der Waals surface area contributed by atoms with Gasteiger partial charge >= 0.3 is 12.1 Å². The summed E-state index contributed by atoms with van der Waals surface area (Å²) < 4.78 is 69.5. The van der Waals surface area contributed by atoms with Gasteiger partial charge in [-0.05, 0) is 89.2 Å². The molecule has 1 amide bonds. The first-order chi connectivity index (χ1) is 24.9. The third-order valence-electron chi connectivity index (χ3n) is 10.4. The number of anilines is 1. The molecule has 3 aliphatic rings. The quantitative estimate of drug-likeness (QED) is 0.149. The van der Waals surface area contributed by atoms with Crippen molar-refractivity contribution < 1.29 is 36.9 Å². The van der Waals surface area contributed by atoms with Crippen LogP contribution in [0, 0.1) is 11.2 Å². The average Bonchev–Trinajstić information content (AvgIpc) is 3.53. The summed E-state index contributed by atoms with van der Waals surface area (Å²) in [6, 6.07) is 12.2. The summed E-state index contributed by atoms with van der Waals surface area (Å²) in [5.41, 5.74) is -2.24. The molecule has 2 bridgehead atoms. The number of piperazine rings is 1. The molecule has 0 unspecified atom stereocenters. The number of fused-ring (bicyclic) bond motifs is 4. The van der Waals surface area contributed by atoms with Crippen LogP contribution in [0.25, 0.3) is 32.8 Å². The van der Waals surface area contributed by atoms with E-state index < -0.39 is 34.4 Å². The maximum Gasteiger partial charge on any atom is 0.411 e. The number of carbonyl (C=O) groups is 1. The van der Waals surface area contributed by atoms with Crippen LogP contribution < -0.4 is 14.4 Å². The Morgan fingerprint density at radius 1 is 1.09 bits per heavy atom. The first-order valence-corrected chi connectivity index (χ1v) is 18.1. The molecule has 3 aromatic carbocycles. The van der Waals surface area contributed by atoms with Crippen LogP contribution in [0.1, 0.15) is 47.0 Å². The van der Waals surface area contributed by atoms with E-state index in [1.165, 1.54) is 7.11 Å². The van der Waals surface area contributed by atoms with E-state index in [0.29, 0.717) is 35.6 Å². The predicted octanol–water partition coefficient (Wildman–Crippen LogP) is 8.17. The number of carbonyl (C=O) groups excluding carboxylic acids is 1. The highest BCUT2D eigenvalue weighted by atomic mass is 35.5. The molecule has 14 heteroatoms. The molecule has 3 fully saturated rings. The van der Waals surface area contributed by atoms with E-state index in [2.05, 4.69) is 4.98 Å². The van der Waals surface area contributed by atoms with Gasteiger partial charge in [-0.1, -0.05) is 35.9 Å². The lowest BCUT2D eigenvalue weighted by Crippen LogP contribution is -2.63. The van der Waals surface area contributed by atoms with Crippen LogP contribution >= 0.6 is 11.6 Å². The smallest absolute Gasteiger partial charge is 0.411 e. The van der Waals surface area contributed by atoms with Gasteiger partial charge in [0.15, 0.2) is 12.6 Å². The third kappa shape index (κ3) is 6.91. The Bertz CT molecular complexity index is 2080. The van der Waals surface area contributed by atoms with Crippen molar-refractivity contribution in [1.29, 1.82) is 0 Å². The fourth-order valence-electron chi connectivity index (χ4n) is 8.04. The van der Waals surface area contributed by atoms with Gasteiger partial charge in [-0.2, -0.15) is 9.97 Å². The van der Waals surface area contributed by atoms with E-state index in [1.54, 1.807) is 31.1 Å². The van der Waals surface area contributed by atoms with Gasteiger partial charge in [-0.3, -0.25) is 4.90 Å². The molecule has 4 aromatic rings. The highest BCUT2D eigenvalue weighted by molar-refractivity contribution is 6.35. The molecule has 3 atom stereocenters. The zero-order valence-electron chi connectivity index (χ0n) is 31.1. The van der Waals surface area contributed by atoms with Crippen LogP contribution in [-0.4, -0.2) is 103 Å². The molecule has 53 heavy (non-hydrogen) atoms. The number of amides is 1. The SMILES string of the molecule is COCOc1cc(-c2c(Cl)cc3c(N4C[C@H]5CC[C@@](C)(C4)N5C(=O)OC(C)(C)C)nc(OC[C@]4(CN(C)C)CC4(F)F)nc3c2F)c2ccccc2c1. The Balaban J connectivity index is 1.35. The molecular weight excluding hydrogens is 711 g/mol. The third-order valence-corrected chi connectivity index (χ3v) is 10.7. The Morgan fingerprint density at radius 2 is 1.83 bits per heavy atom. The van der Waals surface area contributed by atoms with Crippen molar-refractivity contribution in [3.8, 4) is 22.9 Å². The molecule has 2 aliphatic heterocycles. The second kappa shape index (κ2) is 13.3. The topological polar surface area (TPSA) is 89.5 Å². The van der Waals surface area contributed by atoms with Crippen molar-refractivity contribution in [2.24, 2.45) is 5.41 Å². The lowest BCUT2D eigenvalue weighted by molar-refractivity contribution is -0.00286. The number of alkyl halides is 2. The molecule has 284 valence electrons. The number of rotatable bonds is 10. The van der Waals surface area contributed by atoms with Gasteiger partial charge in [0.05, 0.1) is 22.0 Å². The Hall–Kier alpha value is -4.07. The minimum absolute atomic E-state index is 0.0154. The highest BCUT2D eigenvalue weighted by Gasteiger charge is 2.71. The van der Waals surface area contributed by atoms with Gasteiger partial charge in [-0.15, -0.1) is 0 Å². The van der Waals surface area contributed by atoms with Gasteiger partial charge in [0.1, 0.15) is 29.3 Å². The summed E-state index contributed by atoms with van der Waals surface area (Å²) in [5, 5.41) is 1.97. The van der Waals surface area contributed by atoms with Crippen molar-refractivity contribution in [2.75, 3.05) is 59.1 Å². The normalized spacial score (nSPS) is 23.6. The van der Waals surface area contributed by atoms with E-state index >= 15 is 4.39 Å². The lowest BCUT2D eigenvalue weighted by atomic mass is 9.95. The van der Waals surface area contributed by atoms with Crippen molar-refractivity contribution in [2.45, 2.75) is 70.1 Å². The molecule has 0 radical (unpaired) electrons. The van der Waals surface area contributed by atoms with Crippen molar-refractivity contribution in [3.05, 3.63) is 53.3 Å². The van der Waals surface area contributed by atoms with Crippen LogP contribution in [0.2, 0.25) is 5.02 Å². The van der Waals surface area contributed by atoms with Gasteiger partial charge in [0.2, 0.25) is 0 Å². The second-order valence-corrected chi connectivity index (χ2v) is 16.5. The average molecular weight is 756 g/mol. The monoisotopic (exact) mass is 755 g/mol. The number of methoxy groups -OCH3 is 1. The number of ether oxygens (including phenoxy) is 4. The summed E-state index contributed by atoms with van der Waals surface area (Å²) in [5.74, 6) is -2.86. The van der Waals surface area contributed by atoms with Crippen molar-refractivity contribution in [3.63, 3.8) is 0 Å². The summed E-state index contributed by atoms with van der Waals surface area (Å²) >= 11 is 7.01. The predicted molar refractivity (Wildman–Crippen MR) is 198 cm³/mol.